The van der Waals surface area contributed by atoms with Crippen LogP contribution in [-0.4, -0.2) is 21.4 Å². The van der Waals surface area contributed by atoms with Crippen LogP contribution in [0.4, 0.5) is 5.00 Å². The standard InChI is InChI=1S/C26H25BrN4O3S2/c1-3-17-20(14-5-7-15(27)8-6-14)22-24(35-17)29-12-31(26(22)34)11-19(32)30-25-21(23(28)33)16-9-4-13(2)10-18(16)36-25/h5-8,12-13H,3-4,9-11H2,1-2H3,(H2,28,33)(H,30,32). The van der Waals surface area contributed by atoms with Crippen molar-refractivity contribution in [2.45, 2.75) is 46.1 Å². The van der Waals surface area contributed by atoms with Gasteiger partial charge in [-0.3, -0.25) is 19.0 Å². The molecule has 0 aliphatic heterocycles. The molecule has 3 heterocycles. The van der Waals surface area contributed by atoms with E-state index in [0.717, 1.165) is 56.6 Å². The van der Waals surface area contributed by atoms with Gasteiger partial charge in [-0.2, -0.15) is 0 Å². The number of halogens is 1. The molecule has 0 radical (unpaired) electrons. The van der Waals surface area contributed by atoms with Gasteiger partial charge in [0.1, 0.15) is 16.4 Å². The lowest BCUT2D eigenvalue weighted by atomic mass is 9.88. The van der Waals surface area contributed by atoms with Gasteiger partial charge < -0.3 is 11.1 Å². The smallest absolute Gasteiger partial charge is 0.263 e. The van der Waals surface area contributed by atoms with Gasteiger partial charge in [0, 0.05) is 19.8 Å². The van der Waals surface area contributed by atoms with Gasteiger partial charge in [0.05, 0.1) is 17.3 Å². The number of anilines is 1. The predicted octanol–water partition coefficient (Wildman–Crippen LogP) is 5.37. The van der Waals surface area contributed by atoms with Crippen molar-refractivity contribution in [3.63, 3.8) is 0 Å². The zero-order valence-electron chi connectivity index (χ0n) is 19.9. The van der Waals surface area contributed by atoms with Crippen LogP contribution in [0.1, 0.15) is 45.9 Å². The van der Waals surface area contributed by atoms with Crippen LogP contribution in [0.15, 0.2) is 39.9 Å². The van der Waals surface area contributed by atoms with Crippen LogP contribution >= 0.6 is 38.6 Å². The lowest BCUT2D eigenvalue weighted by Gasteiger charge is -2.18. The molecule has 5 rings (SSSR count). The Kier molecular flexibility index (Phi) is 6.84. The Morgan fingerprint density at radius 2 is 2.00 bits per heavy atom. The lowest BCUT2D eigenvalue weighted by molar-refractivity contribution is -0.116. The average molecular weight is 586 g/mol. The van der Waals surface area contributed by atoms with E-state index in [1.165, 1.54) is 33.6 Å². The molecule has 0 saturated carbocycles. The molecular weight excluding hydrogens is 560 g/mol. The number of primary amides is 1. The van der Waals surface area contributed by atoms with Crippen LogP contribution in [0, 0.1) is 5.92 Å². The van der Waals surface area contributed by atoms with Crippen LogP contribution in [-0.2, 0) is 30.6 Å². The zero-order valence-corrected chi connectivity index (χ0v) is 23.1. The van der Waals surface area contributed by atoms with Gasteiger partial charge in [-0.25, -0.2) is 4.98 Å². The van der Waals surface area contributed by atoms with Gasteiger partial charge in [0.15, 0.2) is 0 Å². The van der Waals surface area contributed by atoms with E-state index in [4.69, 9.17) is 5.73 Å². The number of nitrogens with zero attached hydrogens (tertiary/aromatic N) is 2. The van der Waals surface area contributed by atoms with E-state index in [2.05, 4.69) is 40.1 Å². The molecule has 1 aliphatic carbocycles. The first-order valence-electron chi connectivity index (χ1n) is 11.8. The number of fused-ring (bicyclic) bond motifs is 2. The normalized spacial score (nSPS) is 15.1. The second kappa shape index (κ2) is 9.91. The summed E-state index contributed by atoms with van der Waals surface area (Å²) in [5.41, 5.74) is 8.57. The topological polar surface area (TPSA) is 107 Å². The minimum atomic E-state index is -0.540. The number of rotatable bonds is 6. The summed E-state index contributed by atoms with van der Waals surface area (Å²) >= 11 is 6.37. The van der Waals surface area contributed by atoms with Crippen LogP contribution in [0.25, 0.3) is 21.3 Å². The first-order chi connectivity index (χ1) is 17.3. The summed E-state index contributed by atoms with van der Waals surface area (Å²) in [6, 6.07) is 7.83. The van der Waals surface area contributed by atoms with Crippen molar-refractivity contribution < 1.29 is 9.59 Å². The molecule has 0 spiro atoms. The van der Waals surface area contributed by atoms with Crippen molar-refractivity contribution in [3.05, 3.63) is 66.3 Å². The third kappa shape index (κ3) is 4.53. The molecule has 2 amide bonds. The van der Waals surface area contributed by atoms with Crippen molar-refractivity contribution in [2.75, 3.05) is 5.32 Å². The molecule has 3 aromatic heterocycles. The van der Waals surface area contributed by atoms with E-state index in [9.17, 15) is 14.4 Å². The van der Waals surface area contributed by atoms with Crippen molar-refractivity contribution in [3.8, 4) is 11.1 Å². The molecule has 1 unspecified atom stereocenters. The molecular formula is C26H25BrN4O3S2. The molecule has 0 saturated heterocycles. The molecule has 4 aromatic rings. The first-order valence-corrected chi connectivity index (χ1v) is 14.2. The predicted molar refractivity (Wildman–Crippen MR) is 149 cm³/mol. The van der Waals surface area contributed by atoms with E-state index in [-0.39, 0.29) is 12.1 Å². The monoisotopic (exact) mass is 584 g/mol. The van der Waals surface area contributed by atoms with Gasteiger partial charge in [-0.05, 0) is 54.9 Å². The molecule has 0 bridgehead atoms. The lowest BCUT2D eigenvalue weighted by Crippen LogP contribution is -2.28. The molecule has 10 heteroatoms. The third-order valence-electron chi connectivity index (χ3n) is 6.53. The molecule has 7 nitrogen and oxygen atoms in total. The van der Waals surface area contributed by atoms with Gasteiger partial charge in [-0.15, -0.1) is 22.7 Å². The second-order valence-corrected chi connectivity index (χ2v) is 12.2. The number of carbonyl (C=O) groups is 2. The van der Waals surface area contributed by atoms with Crippen LogP contribution in [0.5, 0.6) is 0 Å². The Bertz CT molecular complexity index is 1550. The van der Waals surface area contributed by atoms with E-state index >= 15 is 0 Å². The molecule has 186 valence electrons. The number of nitrogens with two attached hydrogens (primary N) is 1. The summed E-state index contributed by atoms with van der Waals surface area (Å²) in [6.07, 6.45) is 4.82. The van der Waals surface area contributed by atoms with E-state index in [0.29, 0.717) is 26.7 Å². The largest absolute Gasteiger partial charge is 0.365 e. The maximum absolute atomic E-state index is 13.5. The number of aryl methyl sites for hydroxylation is 1. The third-order valence-corrected chi connectivity index (χ3v) is 9.47. The van der Waals surface area contributed by atoms with Gasteiger partial charge in [0.25, 0.3) is 11.5 Å². The SMILES string of the molecule is CCc1sc2ncn(CC(=O)Nc3sc4c(c3C(N)=O)CCC(C)C4)c(=O)c2c1-c1ccc(Br)cc1. The highest BCUT2D eigenvalue weighted by Gasteiger charge is 2.27. The molecule has 1 atom stereocenters. The number of benzene rings is 1. The highest BCUT2D eigenvalue weighted by atomic mass is 79.9. The minimum absolute atomic E-state index is 0.212. The molecule has 3 N–H and O–H groups in total. The maximum atomic E-state index is 13.5. The molecule has 36 heavy (non-hydrogen) atoms. The Morgan fingerprint density at radius 3 is 2.69 bits per heavy atom. The number of aromatic nitrogens is 2. The quantitative estimate of drug-likeness (QED) is 0.317. The van der Waals surface area contributed by atoms with E-state index in [1.807, 2.05) is 24.3 Å². The van der Waals surface area contributed by atoms with Crippen molar-refractivity contribution in [1.29, 1.82) is 0 Å². The Balaban J connectivity index is 1.48. The molecule has 0 fully saturated rings. The molecule has 1 aliphatic rings. The number of amides is 2. The van der Waals surface area contributed by atoms with Gasteiger partial charge in [0.2, 0.25) is 5.91 Å². The Morgan fingerprint density at radius 1 is 1.25 bits per heavy atom. The number of hydrogen-bond acceptors (Lipinski definition) is 6. The van der Waals surface area contributed by atoms with Crippen LogP contribution < -0.4 is 16.6 Å². The van der Waals surface area contributed by atoms with Crippen molar-refractivity contribution >= 4 is 65.6 Å². The summed E-state index contributed by atoms with van der Waals surface area (Å²) in [6.45, 7) is 4.02. The summed E-state index contributed by atoms with van der Waals surface area (Å²) in [4.78, 5) is 46.1. The first kappa shape index (κ1) is 24.9. The summed E-state index contributed by atoms with van der Waals surface area (Å²) in [5, 5.41) is 3.83. The van der Waals surface area contributed by atoms with Crippen LogP contribution in [0.2, 0.25) is 0 Å². The Hall–Kier alpha value is -2.82. The fourth-order valence-corrected chi connectivity index (χ4v) is 7.56. The highest BCUT2D eigenvalue weighted by Crippen LogP contribution is 2.40. The van der Waals surface area contributed by atoms with Gasteiger partial charge in [-0.1, -0.05) is 41.9 Å². The van der Waals surface area contributed by atoms with Crippen molar-refractivity contribution in [1.82, 2.24) is 9.55 Å². The van der Waals surface area contributed by atoms with Crippen molar-refractivity contribution in [2.24, 2.45) is 11.7 Å². The Labute approximate surface area is 224 Å². The number of hydrogen-bond donors (Lipinski definition) is 2. The highest BCUT2D eigenvalue weighted by molar-refractivity contribution is 9.10. The minimum Gasteiger partial charge on any atom is -0.365 e. The van der Waals surface area contributed by atoms with E-state index in [1.54, 1.807) is 0 Å². The number of carbonyl (C=O) groups excluding carboxylic acids is 2. The van der Waals surface area contributed by atoms with Gasteiger partial charge >= 0.3 is 0 Å². The zero-order chi connectivity index (χ0) is 25.6. The fraction of sp³-hybridized carbons (Fsp3) is 0.308. The second-order valence-electron chi connectivity index (χ2n) is 9.09. The number of nitrogens with one attached hydrogen (secondary N) is 1. The van der Waals surface area contributed by atoms with E-state index < -0.39 is 11.8 Å². The number of thiophene rings is 2. The molecule has 1 aromatic carbocycles. The summed E-state index contributed by atoms with van der Waals surface area (Å²) in [5.74, 6) is -0.416. The van der Waals surface area contributed by atoms with Crippen LogP contribution in [0.3, 0.4) is 0 Å². The summed E-state index contributed by atoms with van der Waals surface area (Å²) < 4.78 is 2.28. The summed E-state index contributed by atoms with van der Waals surface area (Å²) in [7, 11) is 0. The average Bonchev–Trinajstić information content (AvgIpc) is 3.39. The fourth-order valence-electron chi connectivity index (χ4n) is 4.78. The maximum Gasteiger partial charge on any atom is 0.263 e.